The molecule has 0 radical (unpaired) electrons. The molecule has 1 unspecified atom stereocenters. The number of nitrogens with one attached hydrogen (secondary N) is 1. The number of allylic oxidation sites excluding steroid dienone is 1. The van der Waals surface area contributed by atoms with Crippen molar-refractivity contribution in [3.8, 4) is 0 Å². The number of rotatable bonds is 5. The summed E-state index contributed by atoms with van der Waals surface area (Å²) >= 11 is 0. The van der Waals surface area contributed by atoms with Gasteiger partial charge in [-0.2, -0.15) is 0 Å². The molecule has 130 valence electrons. The fourth-order valence-electron chi connectivity index (χ4n) is 3.54. The zero-order chi connectivity index (χ0) is 17.9. The highest BCUT2D eigenvalue weighted by Crippen LogP contribution is 2.31. The van der Waals surface area contributed by atoms with E-state index in [2.05, 4.69) is 45.7 Å². The average Bonchev–Trinajstić information content (AvgIpc) is 3.18. The van der Waals surface area contributed by atoms with E-state index in [9.17, 15) is 4.79 Å². The Labute approximate surface area is 153 Å². The van der Waals surface area contributed by atoms with Gasteiger partial charge in [0.05, 0.1) is 23.6 Å². The molecule has 1 amide bonds. The third-order valence-corrected chi connectivity index (χ3v) is 4.77. The Bertz CT molecular complexity index is 870. The molecule has 0 aliphatic carbocycles. The molecular formula is C22H21N3O. The monoisotopic (exact) mass is 343 g/mol. The number of benzene rings is 2. The van der Waals surface area contributed by atoms with Crippen LogP contribution in [0.1, 0.15) is 34.9 Å². The second-order valence-electron chi connectivity index (χ2n) is 6.70. The van der Waals surface area contributed by atoms with Crippen LogP contribution in [-0.4, -0.2) is 15.5 Å². The minimum Gasteiger partial charge on any atom is -0.330 e. The highest BCUT2D eigenvalue weighted by atomic mass is 16.2. The molecule has 2 heterocycles. The quantitative estimate of drug-likeness (QED) is 0.769. The highest BCUT2D eigenvalue weighted by Gasteiger charge is 2.33. The zero-order valence-corrected chi connectivity index (χ0v) is 14.6. The van der Waals surface area contributed by atoms with Gasteiger partial charge in [-0.15, -0.1) is 0 Å². The molecule has 1 aliphatic heterocycles. The second kappa shape index (κ2) is 7.00. The van der Waals surface area contributed by atoms with Crippen LogP contribution in [0.2, 0.25) is 0 Å². The Morgan fingerprint density at radius 3 is 2.31 bits per heavy atom. The Kier molecular flexibility index (Phi) is 4.40. The van der Waals surface area contributed by atoms with E-state index in [1.807, 2.05) is 42.7 Å². The number of amides is 1. The van der Waals surface area contributed by atoms with E-state index in [-0.39, 0.29) is 11.8 Å². The van der Waals surface area contributed by atoms with Crippen LogP contribution < -0.4 is 5.32 Å². The Morgan fingerprint density at radius 1 is 1.04 bits per heavy atom. The molecule has 26 heavy (non-hydrogen) atoms. The minimum atomic E-state index is -0.229. The normalized spacial score (nSPS) is 16.7. The Hall–Kier alpha value is -3.14. The maximum absolute atomic E-state index is 12.5. The molecule has 2 aromatic carbocycles. The van der Waals surface area contributed by atoms with Crippen LogP contribution in [-0.2, 0) is 17.8 Å². The van der Waals surface area contributed by atoms with E-state index in [1.54, 1.807) is 0 Å². The van der Waals surface area contributed by atoms with Crippen molar-refractivity contribution >= 4 is 5.91 Å². The van der Waals surface area contributed by atoms with Gasteiger partial charge in [-0.05, 0) is 11.1 Å². The molecule has 4 heteroatoms. The van der Waals surface area contributed by atoms with Crippen LogP contribution in [0, 0.1) is 0 Å². The lowest BCUT2D eigenvalue weighted by Gasteiger charge is -2.14. The molecule has 1 atom stereocenters. The molecule has 1 N–H and O–H groups in total. The summed E-state index contributed by atoms with van der Waals surface area (Å²) in [5.74, 6) is -0.216. The zero-order valence-electron chi connectivity index (χ0n) is 14.6. The number of nitrogens with zero attached hydrogens (tertiary/aromatic N) is 2. The summed E-state index contributed by atoms with van der Waals surface area (Å²) in [5.41, 5.74) is 5.11. The summed E-state index contributed by atoms with van der Waals surface area (Å²) in [4.78, 5) is 17.1. The first-order valence-corrected chi connectivity index (χ1v) is 8.81. The summed E-state index contributed by atoms with van der Waals surface area (Å²) in [7, 11) is 0. The number of carbonyl (C=O) groups is 1. The van der Waals surface area contributed by atoms with Crippen molar-refractivity contribution in [1.29, 1.82) is 0 Å². The van der Waals surface area contributed by atoms with Crippen molar-refractivity contribution < 1.29 is 4.79 Å². The van der Waals surface area contributed by atoms with Crippen LogP contribution in [0.25, 0.3) is 0 Å². The molecule has 4 nitrogen and oxygen atoms in total. The van der Waals surface area contributed by atoms with Gasteiger partial charge in [0.1, 0.15) is 0 Å². The smallest absolute Gasteiger partial charge is 0.233 e. The van der Waals surface area contributed by atoms with Crippen molar-refractivity contribution in [3.05, 3.63) is 102 Å². The lowest BCUT2D eigenvalue weighted by atomic mass is 9.97. The molecular weight excluding hydrogens is 322 g/mol. The topological polar surface area (TPSA) is 46.9 Å². The van der Waals surface area contributed by atoms with Crippen LogP contribution in [0.15, 0.2) is 79.3 Å². The number of carbonyl (C=O) groups excluding carboxylic acids is 1. The SMILES string of the molecule is C=C1CC(c2c(Cc3ccccc3)ncn2Cc2ccccc2)C(=O)N1. The van der Waals surface area contributed by atoms with Gasteiger partial charge in [-0.25, -0.2) is 4.98 Å². The highest BCUT2D eigenvalue weighted by molar-refractivity contribution is 5.88. The van der Waals surface area contributed by atoms with E-state index < -0.39 is 0 Å². The first-order valence-electron chi connectivity index (χ1n) is 8.81. The van der Waals surface area contributed by atoms with E-state index in [0.717, 1.165) is 17.1 Å². The van der Waals surface area contributed by atoms with E-state index in [0.29, 0.717) is 19.4 Å². The maximum Gasteiger partial charge on any atom is 0.233 e. The maximum atomic E-state index is 12.5. The van der Waals surface area contributed by atoms with Crippen LogP contribution >= 0.6 is 0 Å². The van der Waals surface area contributed by atoms with Gasteiger partial charge < -0.3 is 9.88 Å². The molecule has 1 saturated heterocycles. The van der Waals surface area contributed by atoms with Crippen LogP contribution in [0.5, 0.6) is 0 Å². The summed E-state index contributed by atoms with van der Waals surface area (Å²) < 4.78 is 2.11. The number of hydrogen-bond donors (Lipinski definition) is 1. The number of hydrogen-bond acceptors (Lipinski definition) is 2. The molecule has 1 aliphatic rings. The van der Waals surface area contributed by atoms with Crippen molar-refractivity contribution in [3.63, 3.8) is 0 Å². The second-order valence-corrected chi connectivity index (χ2v) is 6.70. The first-order chi connectivity index (χ1) is 12.7. The van der Waals surface area contributed by atoms with Crippen molar-refractivity contribution in [1.82, 2.24) is 14.9 Å². The van der Waals surface area contributed by atoms with Gasteiger partial charge in [-0.1, -0.05) is 67.2 Å². The van der Waals surface area contributed by atoms with Crippen LogP contribution in [0.3, 0.4) is 0 Å². The van der Waals surface area contributed by atoms with Gasteiger partial charge in [0.15, 0.2) is 0 Å². The fourth-order valence-corrected chi connectivity index (χ4v) is 3.54. The average molecular weight is 343 g/mol. The van der Waals surface area contributed by atoms with Crippen molar-refractivity contribution in [2.75, 3.05) is 0 Å². The largest absolute Gasteiger partial charge is 0.330 e. The molecule has 1 fully saturated rings. The first kappa shape index (κ1) is 16.3. The van der Waals surface area contributed by atoms with E-state index in [1.165, 1.54) is 11.1 Å². The van der Waals surface area contributed by atoms with Crippen molar-refractivity contribution in [2.24, 2.45) is 0 Å². The van der Waals surface area contributed by atoms with Gasteiger partial charge in [-0.3, -0.25) is 4.79 Å². The van der Waals surface area contributed by atoms with Gasteiger partial charge in [0, 0.05) is 25.1 Å². The number of imidazole rings is 1. The predicted octanol–water partition coefficient (Wildman–Crippen LogP) is 3.64. The van der Waals surface area contributed by atoms with Gasteiger partial charge in [0.2, 0.25) is 5.91 Å². The van der Waals surface area contributed by atoms with Gasteiger partial charge in [0.25, 0.3) is 0 Å². The Balaban J connectivity index is 1.72. The van der Waals surface area contributed by atoms with Crippen molar-refractivity contribution in [2.45, 2.75) is 25.3 Å². The lowest BCUT2D eigenvalue weighted by molar-refractivity contribution is -0.120. The molecule has 0 bridgehead atoms. The molecule has 0 saturated carbocycles. The molecule has 0 spiro atoms. The molecule has 4 rings (SSSR count). The number of aromatic nitrogens is 2. The minimum absolute atomic E-state index is 0.0131. The summed E-state index contributed by atoms with van der Waals surface area (Å²) in [6.45, 7) is 4.63. The standard InChI is InChI=1S/C22H21N3O/c1-16-12-19(22(26)24-16)21-20(13-17-8-4-2-5-9-17)23-15-25(21)14-18-10-6-3-7-11-18/h2-11,15,19H,1,12-14H2,(H,24,26). The summed E-state index contributed by atoms with van der Waals surface area (Å²) in [6, 6.07) is 20.5. The molecule has 3 aromatic rings. The van der Waals surface area contributed by atoms with E-state index in [4.69, 9.17) is 0 Å². The summed E-state index contributed by atoms with van der Waals surface area (Å²) in [6.07, 6.45) is 3.20. The summed E-state index contributed by atoms with van der Waals surface area (Å²) in [5, 5.41) is 2.86. The van der Waals surface area contributed by atoms with Gasteiger partial charge >= 0.3 is 0 Å². The fraction of sp³-hybridized carbons (Fsp3) is 0.182. The lowest BCUT2D eigenvalue weighted by Crippen LogP contribution is -2.20. The van der Waals surface area contributed by atoms with E-state index >= 15 is 0 Å². The predicted molar refractivity (Wildman–Crippen MR) is 102 cm³/mol. The third-order valence-electron chi connectivity index (χ3n) is 4.77. The Morgan fingerprint density at radius 2 is 1.69 bits per heavy atom. The van der Waals surface area contributed by atoms with Crippen LogP contribution in [0.4, 0.5) is 0 Å². The third kappa shape index (κ3) is 3.31. The molecule has 1 aromatic heterocycles.